The molecule has 0 aromatic carbocycles. The Balaban J connectivity index is 1.48. The van der Waals surface area contributed by atoms with Crippen LogP contribution >= 0.6 is 46.2 Å². The molecule has 202 valence electrons. The fourth-order valence-electron chi connectivity index (χ4n) is 3.52. The quantitative estimate of drug-likeness (QED) is 0.101. The average molecular weight is 601 g/mol. The normalized spacial score (nSPS) is 19.1. The lowest BCUT2D eigenvalue weighted by molar-refractivity contribution is -0.148. The number of carboxylic acid groups (broad SMARTS) is 2. The van der Waals surface area contributed by atoms with Gasteiger partial charge in [0.1, 0.15) is 24.2 Å². The molecule has 2 aliphatic heterocycles. The minimum atomic E-state index is -1.59. The Morgan fingerprint density at radius 2 is 2.11 bits per heavy atom. The number of thioether (sulfide) groups is 2. The van der Waals surface area contributed by atoms with E-state index in [0.717, 1.165) is 11.3 Å². The Morgan fingerprint density at radius 1 is 1.34 bits per heavy atom. The van der Waals surface area contributed by atoms with Gasteiger partial charge >= 0.3 is 12.1 Å². The first kappa shape index (κ1) is 27.7. The summed E-state index contributed by atoms with van der Waals surface area (Å²) in [5.41, 5.74) is 6.82. The average Bonchev–Trinajstić information content (AvgIpc) is 3.43. The first-order chi connectivity index (χ1) is 18.1. The van der Waals surface area contributed by atoms with Crippen molar-refractivity contribution < 1.29 is 39.0 Å². The minimum absolute atomic E-state index is 0.110. The van der Waals surface area contributed by atoms with Crippen molar-refractivity contribution in [3.8, 4) is 0 Å². The number of carbonyl (C=O) groups excluding carboxylic acids is 2. The third kappa shape index (κ3) is 5.87. The van der Waals surface area contributed by atoms with Crippen molar-refractivity contribution in [3.63, 3.8) is 0 Å². The van der Waals surface area contributed by atoms with Crippen LogP contribution in [-0.4, -0.2) is 84.8 Å². The highest BCUT2D eigenvalue weighted by molar-refractivity contribution is 8.01. The number of aromatic nitrogens is 2. The Bertz CT molecular complexity index is 1350. The molecule has 0 spiro atoms. The lowest BCUT2D eigenvalue weighted by Gasteiger charge is -2.49. The van der Waals surface area contributed by atoms with E-state index in [-0.39, 0.29) is 34.6 Å². The van der Waals surface area contributed by atoms with E-state index in [2.05, 4.69) is 20.4 Å². The second kappa shape index (κ2) is 11.6. The molecule has 2 aliphatic rings. The van der Waals surface area contributed by atoms with Crippen molar-refractivity contribution in [1.82, 2.24) is 20.2 Å². The zero-order chi connectivity index (χ0) is 27.6. The van der Waals surface area contributed by atoms with Gasteiger partial charge in [0, 0.05) is 27.3 Å². The third-order valence-electron chi connectivity index (χ3n) is 5.18. The van der Waals surface area contributed by atoms with Crippen LogP contribution in [-0.2, 0) is 30.4 Å². The molecule has 2 aromatic heterocycles. The number of hydrogen-bond acceptors (Lipinski definition) is 14. The van der Waals surface area contributed by atoms with Gasteiger partial charge in [-0.3, -0.25) is 19.3 Å². The van der Waals surface area contributed by atoms with Crippen molar-refractivity contribution >= 4 is 81.0 Å². The number of thiazole rings is 2. The topological polar surface area (TPSA) is 207 Å². The molecule has 38 heavy (non-hydrogen) atoms. The van der Waals surface area contributed by atoms with Crippen molar-refractivity contribution in [2.45, 2.75) is 29.1 Å². The predicted octanol–water partition coefficient (Wildman–Crippen LogP) is 1.57. The van der Waals surface area contributed by atoms with Gasteiger partial charge in [-0.1, -0.05) is 16.9 Å². The maximum Gasteiger partial charge on any atom is 0.512 e. The van der Waals surface area contributed by atoms with Crippen LogP contribution in [0.3, 0.4) is 0 Å². The van der Waals surface area contributed by atoms with Gasteiger partial charge < -0.3 is 30.8 Å². The summed E-state index contributed by atoms with van der Waals surface area (Å²) in [6.45, 7) is 1.72. The predicted molar refractivity (Wildman–Crippen MR) is 140 cm³/mol. The van der Waals surface area contributed by atoms with Crippen LogP contribution in [0.5, 0.6) is 0 Å². The van der Waals surface area contributed by atoms with E-state index in [1.807, 2.05) is 0 Å². The summed E-state index contributed by atoms with van der Waals surface area (Å²) in [5.74, 6) is -1.75. The molecular formula is C20H20N6O8S4. The van der Waals surface area contributed by atoms with Crippen molar-refractivity contribution in [2.24, 2.45) is 5.16 Å². The summed E-state index contributed by atoms with van der Waals surface area (Å²) >= 11 is 4.97. The molecule has 14 nitrogen and oxygen atoms in total. The number of aliphatic carboxylic acids is 1. The summed E-state index contributed by atoms with van der Waals surface area (Å²) in [7, 11) is 1.26. The van der Waals surface area contributed by atoms with Gasteiger partial charge in [0.2, 0.25) is 5.88 Å². The lowest BCUT2D eigenvalue weighted by atomic mass is 10.1. The largest absolute Gasteiger partial charge is 0.512 e. The van der Waals surface area contributed by atoms with Crippen LogP contribution in [0.4, 0.5) is 9.93 Å². The molecule has 0 saturated carbocycles. The van der Waals surface area contributed by atoms with Crippen LogP contribution in [0.25, 0.3) is 0 Å². The monoisotopic (exact) mass is 600 g/mol. The molecule has 2 atom stereocenters. The number of aryl methyl sites for hydroxylation is 1. The molecule has 0 unspecified atom stereocenters. The number of anilines is 1. The molecule has 0 aliphatic carbocycles. The number of carbonyl (C=O) groups is 4. The van der Waals surface area contributed by atoms with Crippen LogP contribution in [0, 0.1) is 6.92 Å². The maximum absolute atomic E-state index is 13.0. The molecule has 18 heteroatoms. The number of carboxylic acids is 1. The molecule has 4 heterocycles. The number of β-lactam (4-membered cyclic amide) rings is 1. The highest BCUT2D eigenvalue weighted by Gasteiger charge is 2.54. The molecular weight excluding hydrogens is 581 g/mol. The fraction of sp³-hybridized carbons (Fsp3) is 0.350. The molecule has 4 rings (SSSR count). The number of nitrogen functional groups attached to an aromatic ring is 1. The molecule has 2 amide bonds. The molecule has 5 N–H and O–H groups in total. The van der Waals surface area contributed by atoms with Gasteiger partial charge in [0.25, 0.3) is 11.8 Å². The number of fused-ring (bicyclic) bond motifs is 1. The zero-order valence-corrected chi connectivity index (χ0v) is 23.0. The lowest BCUT2D eigenvalue weighted by Crippen LogP contribution is -2.70. The maximum atomic E-state index is 13.0. The second-order valence-corrected chi connectivity index (χ2v) is 12.0. The number of nitrogens with zero attached hydrogens (tertiary/aromatic N) is 4. The van der Waals surface area contributed by atoms with Crippen LogP contribution in [0.2, 0.25) is 0 Å². The summed E-state index contributed by atoms with van der Waals surface area (Å²) in [6, 6.07) is -0.965. The van der Waals surface area contributed by atoms with E-state index >= 15 is 0 Å². The van der Waals surface area contributed by atoms with Crippen molar-refractivity contribution in [1.29, 1.82) is 0 Å². The van der Waals surface area contributed by atoms with E-state index in [1.165, 1.54) is 52.3 Å². The van der Waals surface area contributed by atoms with E-state index in [1.54, 1.807) is 6.92 Å². The van der Waals surface area contributed by atoms with Gasteiger partial charge in [-0.25, -0.2) is 14.8 Å². The van der Waals surface area contributed by atoms with Crippen molar-refractivity contribution in [3.05, 3.63) is 33.1 Å². The van der Waals surface area contributed by atoms with Crippen LogP contribution in [0.15, 0.2) is 26.3 Å². The standard InChI is InChI=1S/C20H20N6O8S4/c1-7-10(3-11(27)28)38-19(22-7)37-5-8-4-35-17-13(15(30)26(17)16(8)34-20(31)32)24-14(29)12(25-33-2)9-6-36-18(21)23-9/h6,13,17H,3-5H2,1-2H3,(H2,21,23)(H,24,29)(H,27,28)(H,31,32)/t13-,17+/m1/s1. The number of oxime groups is 1. The number of hydrogen-bond donors (Lipinski definition) is 4. The number of nitrogens with one attached hydrogen (secondary N) is 1. The highest BCUT2D eigenvalue weighted by Crippen LogP contribution is 2.42. The Kier molecular flexibility index (Phi) is 8.44. The van der Waals surface area contributed by atoms with Crippen LogP contribution < -0.4 is 11.1 Å². The SMILES string of the molecule is CON=C(C(=O)N[C@@H]1C(=O)N2C(OC(=O)O)=C(CSc3nc(C)c(CC(=O)O)s3)CS[C@@H]12)c1csc(N)n1. The van der Waals surface area contributed by atoms with Gasteiger partial charge in [-0.15, -0.1) is 34.4 Å². The molecule has 0 bridgehead atoms. The van der Waals surface area contributed by atoms with Gasteiger partial charge in [0.15, 0.2) is 15.2 Å². The van der Waals surface area contributed by atoms with Crippen molar-refractivity contribution in [2.75, 3.05) is 24.3 Å². The number of nitrogens with two attached hydrogens (primary N) is 1. The van der Waals surface area contributed by atoms with Crippen LogP contribution in [0.1, 0.15) is 16.3 Å². The Hall–Kier alpha value is -3.35. The molecule has 1 fully saturated rings. The van der Waals surface area contributed by atoms with Gasteiger partial charge in [-0.2, -0.15) is 0 Å². The highest BCUT2D eigenvalue weighted by atomic mass is 32.2. The third-order valence-corrected chi connectivity index (χ3v) is 9.58. The Labute approximate surface area is 231 Å². The van der Waals surface area contributed by atoms with E-state index in [9.17, 15) is 24.3 Å². The summed E-state index contributed by atoms with van der Waals surface area (Å²) in [5, 5.41) is 25.8. The van der Waals surface area contributed by atoms with E-state index < -0.39 is 35.4 Å². The van der Waals surface area contributed by atoms with E-state index in [4.69, 9.17) is 20.4 Å². The summed E-state index contributed by atoms with van der Waals surface area (Å²) < 4.78 is 5.60. The first-order valence-electron chi connectivity index (χ1n) is 10.6. The summed E-state index contributed by atoms with van der Waals surface area (Å²) in [6.07, 6.45) is -1.72. The number of ether oxygens (including phenoxy) is 1. The second-order valence-electron chi connectivity index (χ2n) is 7.68. The van der Waals surface area contributed by atoms with Gasteiger partial charge in [0.05, 0.1) is 12.1 Å². The Morgan fingerprint density at radius 3 is 2.74 bits per heavy atom. The number of rotatable bonds is 10. The summed E-state index contributed by atoms with van der Waals surface area (Å²) in [4.78, 5) is 63.3. The van der Waals surface area contributed by atoms with Gasteiger partial charge in [-0.05, 0) is 6.92 Å². The molecule has 2 aromatic rings. The fourth-order valence-corrected chi connectivity index (χ4v) is 7.75. The molecule has 1 saturated heterocycles. The zero-order valence-electron chi connectivity index (χ0n) is 19.7. The number of amides is 2. The first-order valence-corrected chi connectivity index (χ1v) is 14.3. The van der Waals surface area contributed by atoms with E-state index in [0.29, 0.717) is 26.2 Å². The molecule has 0 radical (unpaired) electrons. The minimum Gasteiger partial charge on any atom is -0.481 e. The smallest absolute Gasteiger partial charge is 0.481 e.